The molecule has 0 spiro atoms. The maximum Gasteiger partial charge on any atom is 0.258 e. The summed E-state index contributed by atoms with van der Waals surface area (Å²) >= 11 is 0. The summed E-state index contributed by atoms with van der Waals surface area (Å²) in [5.41, 5.74) is 5.30. The molecule has 2 rings (SSSR count). The van der Waals surface area contributed by atoms with Gasteiger partial charge in [-0.15, -0.1) is 0 Å². The average molecular weight is 272 g/mol. The van der Waals surface area contributed by atoms with E-state index in [0.29, 0.717) is 12.5 Å². The molecule has 1 aliphatic rings. The molecule has 1 fully saturated rings. The second-order valence-corrected chi connectivity index (χ2v) is 6.86. The van der Waals surface area contributed by atoms with Crippen LogP contribution < -0.4 is 10.5 Å². The molecule has 6 nitrogen and oxygen atoms in total. The molecule has 102 valence electrons. The highest BCUT2D eigenvalue weighted by Crippen LogP contribution is 2.32. The number of nitrogens with two attached hydrogens (primary N) is 1. The normalized spacial score (nSPS) is 29.3. The molecule has 0 bridgehead atoms. The standard InChI is InChI=1S/C11H20N4O2S/c1-9-3-2-5-11(7-9,8-12)15-18(16,17)10-4-6-13-14-10/h4,6,9,15H,2-3,5,7-8,12H2,1H3,(H,13,14). The van der Waals surface area contributed by atoms with Crippen molar-refractivity contribution in [2.24, 2.45) is 11.7 Å². The summed E-state index contributed by atoms with van der Waals surface area (Å²) < 4.78 is 27.2. The molecular formula is C11H20N4O2S. The number of H-pyrrole nitrogens is 1. The van der Waals surface area contributed by atoms with Crippen LogP contribution in [0.3, 0.4) is 0 Å². The van der Waals surface area contributed by atoms with E-state index in [0.717, 1.165) is 25.7 Å². The molecule has 4 N–H and O–H groups in total. The Morgan fingerprint density at radius 2 is 2.44 bits per heavy atom. The lowest BCUT2D eigenvalue weighted by molar-refractivity contribution is 0.222. The Morgan fingerprint density at radius 3 is 3.00 bits per heavy atom. The molecule has 2 atom stereocenters. The van der Waals surface area contributed by atoms with Crippen LogP contribution in [0.5, 0.6) is 0 Å². The lowest BCUT2D eigenvalue weighted by Crippen LogP contribution is -2.55. The van der Waals surface area contributed by atoms with Crippen molar-refractivity contribution in [3.05, 3.63) is 12.3 Å². The van der Waals surface area contributed by atoms with E-state index in [9.17, 15) is 8.42 Å². The molecule has 0 aromatic carbocycles. The minimum absolute atomic E-state index is 0.0913. The first-order chi connectivity index (χ1) is 8.47. The third-order valence-corrected chi connectivity index (χ3v) is 5.11. The van der Waals surface area contributed by atoms with Gasteiger partial charge in [-0.1, -0.05) is 19.8 Å². The number of hydrogen-bond acceptors (Lipinski definition) is 4. The minimum atomic E-state index is -3.56. The molecule has 1 saturated carbocycles. The van der Waals surface area contributed by atoms with Gasteiger partial charge in [0, 0.05) is 12.1 Å². The smallest absolute Gasteiger partial charge is 0.258 e. The summed E-state index contributed by atoms with van der Waals surface area (Å²) in [6, 6.07) is 1.44. The van der Waals surface area contributed by atoms with E-state index in [1.165, 1.54) is 12.3 Å². The third kappa shape index (κ3) is 2.73. The average Bonchev–Trinajstić information content (AvgIpc) is 2.82. The quantitative estimate of drug-likeness (QED) is 0.747. The van der Waals surface area contributed by atoms with Crippen molar-refractivity contribution in [2.45, 2.75) is 43.2 Å². The molecule has 1 aromatic rings. The van der Waals surface area contributed by atoms with Crippen molar-refractivity contribution in [2.75, 3.05) is 6.54 Å². The molecule has 7 heteroatoms. The summed E-state index contributed by atoms with van der Waals surface area (Å²) in [7, 11) is -3.56. The predicted molar refractivity (Wildman–Crippen MR) is 68.3 cm³/mol. The van der Waals surface area contributed by atoms with Gasteiger partial charge >= 0.3 is 0 Å². The third-order valence-electron chi connectivity index (χ3n) is 3.60. The summed E-state index contributed by atoms with van der Waals surface area (Å²) in [5, 5.41) is 6.24. The number of hydrogen-bond donors (Lipinski definition) is 3. The molecule has 0 aliphatic heterocycles. The van der Waals surface area contributed by atoms with E-state index < -0.39 is 15.6 Å². The SMILES string of the molecule is CC1CCCC(CN)(NS(=O)(=O)c2ccn[nH]2)C1. The van der Waals surface area contributed by atoms with Gasteiger partial charge in [0.05, 0.1) is 6.20 Å². The van der Waals surface area contributed by atoms with E-state index in [-0.39, 0.29) is 5.03 Å². The Kier molecular flexibility index (Phi) is 3.74. The lowest BCUT2D eigenvalue weighted by atomic mass is 9.77. The van der Waals surface area contributed by atoms with Crippen molar-refractivity contribution >= 4 is 10.0 Å². The molecule has 1 heterocycles. The maximum absolute atomic E-state index is 12.2. The summed E-state index contributed by atoms with van der Waals surface area (Å²) in [6.07, 6.45) is 5.14. The number of aromatic amines is 1. The van der Waals surface area contributed by atoms with E-state index in [4.69, 9.17) is 5.73 Å². The minimum Gasteiger partial charge on any atom is -0.329 e. The first-order valence-electron chi connectivity index (χ1n) is 6.21. The van der Waals surface area contributed by atoms with Gasteiger partial charge in [-0.25, -0.2) is 13.1 Å². The summed E-state index contributed by atoms with van der Waals surface area (Å²) in [6.45, 7) is 2.46. The Balaban J connectivity index is 2.20. The first-order valence-corrected chi connectivity index (χ1v) is 7.69. The van der Waals surface area contributed by atoms with Crippen molar-refractivity contribution in [1.29, 1.82) is 0 Å². The zero-order chi connectivity index (χ0) is 13.2. The Morgan fingerprint density at radius 1 is 1.67 bits per heavy atom. The highest BCUT2D eigenvalue weighted by molar-refractivity contribution is 7.89. The topological polar surface area (TPSA) is 101 Å². The second-order valence-electron chi connectivity index (χ2n) is 5.21. The Labute approximate surface area is 107 Å². The van der Waals surface area contributed by atoms with Crippen molar-refractivity contribution in [1.82, 2.24) is 14.9 Å². The number of nitrogens with zero attached hydrogens (tertiary/aromatic N) is 1. The predicted octanol–water partition coefficient (Wildman–Crippen LogP) is 0.596. The maximum atomic E-state index is 12.2. The fourth-order valence-corrected chi connectivity index (χ4v) is 4.07. The summed E-state index contributed by atoms with van der Waals surface area (Å²) in [4.78, 5) is 0. The first kappa shape index (κ1) is 13.5. The molecule has 0 amide bonds. The van der Waals surface area contributed by atoms with E-state index >= 15 is 0 Å². The van der Waals surface area contributed by atoms with Crippen LogP contribution in [0.2, 0.25) is 0 Å². The van der Waals surface area contributed by atoms with Crippen LogP contribution in [-0.2, 0) is 10.0 Å². The van der Waals surface area contributed by atoms with E-state index in [1.807, 2.05) is 0 Å². The molecule has 1 aliphatic carbocycles. The number of sulfonamides is 1. The van der Waals surface area contributed by atoms with Crippen LogP contribution in [-0.4, -0.2) is 30.7 Å². The molecule has 0 saturated heterocycles. The molecular weight excluding hydrogens is 252 g/mol. The zero-order valence-corrected chi connectivity index (χ0v) is 11.3. The van der Waals surface area contributed by atoms with Gasteiger partial charge in [-0.2, -0.15) is 5.10 Å². The Bertz CT molecular complexity index is 485. The van der Waals surface area contributed by atoms with Crippen molar-refractivity contribution in [3.8, 4) is 0 Å². The molecule has 2 unspecified atom stereocenters. The molecule has 0 radical (unpaired) electrons. The van der Waals surface area contributed by atoms with Crippen LogP contribution in [0.1, 0.15) is 32.6 Å². The fraction of sp³-hybridized carbons (Fsp3) is 0.727. The largest absolute Gasteiger partial charge is 0.329 e. The van der Waals surface area contributed by atoms with Gasteiger partial charge in [-0.3, -0.25) is 5.10 Å². The highest BCUT2D eigenvalue weighted by atomic mass is 32.2. The van der Waals surface area contributed by atoms with Crippen molar-refractivity contribution in [3.63, 3.8) is 0 Å². The van der Waals surface area contributed by atoms with Gasteiger partial charge < -0.3 is 5.73 Å². The van der Waals surface area contributed by atoms with Gasteiger partial charge in [0.25, 0.3) is 10.0 Å². The number of rotatable bonds is 4. The van der Waals surface area contributed by atoms with Crippen LogP contribution >= 0.6 is 0 Å². The zero-order valence-electron chi connectivity index (χ0n) is 10.5. The highest BCUT2D eigenvalue weighted by Gasteiger charge is 2.37. The van der Waals surface area contributed by atoms with Crippen LogP contribution in [0.25, 0.3) is 0 Å². The summed E-state index contributed by atoms with van der Waals surface area (Å²) in [5.74, 6) is 0.492. The van der Waals surface area contributed by atoms with E-state index in [1.54, 1.807) is 0 Å². The van der Waals surface area contributed by atoms with Crippen LogP contribution in [0, 0.1) is 5.92 Å². The fourth-order valence-electron chi connectivity index (χ4n) is 2.71. The van der Waals surface area contributed by atoms with Gasteiger partial charge in [-0.05, 0) is 24.8 Å². The van der Waals surface area contributed by atoms with Crippen LogP contribution in [0.4, 0.5) is 0 Å². The second kappa shape index (κ2) is 4.99. The van der Waals surface area contributed by atoms with Gasteiger partial charge in [0.15, 0.2) is 5.03 Å². The monoisotopic (exact) mass is 272 g/mol. The van der Waals surface area contributed by atoms with E-state index in [2.05, 4.69) is 21.8 Å². The number of aromatic nitrogens is 2. The molecule has 1 aromatic heterocycles. The number of nitrogens with one attached hydrogen (secondary N) is 2. The van der Waals surface area contributed by atoms with Crippen LogP contribution in [0.15, 0.2) is 17.3 Å². The van der Waals surface area contributed by atoms with Gasteiger partial charge in [0.1, 0.15) is 0 Å². The Hall–Kier alpha value is -0.920. The lowest BCUT2D eigenvalue weighted by Gasteiger charge is -2.39. The van der Waals surface area contributed by atoms with Gasteiger partial charge in [0.2, 0.25) is 0 Å². The van der Waals surface area contributed by atoms with Crippen molar-refractivity contribution < 1.29 is 8.42 Å². The molecule has 18 heavy (non-hydrogen) atoms.